The highest BCUT2D eigenvalue weighted by molar-refractivity contribution is 5.93. The van der Waals surface area contributed by atoms with Crippen molar-refractivity contribution in [2.45, 2.75) is 44.1 Å². The van der Waals surface area contributed by atoms with Gasteiger partial charge in [-0.3, -0.25) is 14.6 Å². The zero-order valence-corrected chi connectivity index (χ0v) is 14.1. The number of aromatic nitrogens is 3. The molecule has 132 valence electrons. The average molecular weight is 341 g/mol. The lowest BCUT2D eigenvalue weighted by molar-refractivity contribution is 0.0777. The van der Waals surface area contributed by atoms with Gasteiger partial charge in [-0.2, -0.15) is 0 Å². The second-order valence-corrected chi connectivity index (χ2v) is 7.03. The first-order chi connectivity index (χ1) is 12.1. The number of aromatic amines is 1. The first-order valence-corrected chi connectivity index (χ1v) is 8.94. The van der Waals surface area contributed by atoms with E-state index in [1.807, 2.05) is 23.2 Å². The molecule has 1 amide bonds. The van der Waals surface area contributed by atoms with E-state index in [2.05, 4.69) is 14.5 Å². The third-order valence-electron chi connectivity index (χ3n) is 5.39. The van der Waals surface area contributed by atoms with Gasteiger partial charge in [0, 0.05) is 37.3 Å². The summed E-state index contributed by atoms with van der Waals surface area (Å²) in [6.07, 6.45) is 7.58. The van der Waals surface area contributed by atoms with Crippen molar-refractivity contribution >= 4 is 11.9 Å². The predicted octanol–water partition coefficient (Wildman–Crippen LogP) is 1.90. The van der Waals surface area contributed by atoms with Crippen LogP contribution in [0.4, 0.5) is 5.95 Å². The molecule has 1 unspecified atom stereocenters. The molecule has 2 aliphatic rings. The number of rotatable bonds is 3. The van der Waals surface area contributed by atoms with E-state index < -0.39 is 0 Å². The van der Waals surface area contributed by atoms with Gasteiger partial charge in [0.05, 0.1) is 5.69 Å². The van der Waals surface area contributed by atoms with E-state index in [4.69, 9.17) is 5.73 Å². The van der Waals surface area contributed by atoms with Crippen molar-refractivity contribution in [1.29, 1.82) is 0 Å². The number of H-pyrrole nitrogens is 1. The van der Waals surface area contributed by atoms with Crippen LogP contribution >= 0.6 is 0 Å². The number of hydrogen-bond donors (Lipinski definition) is 2. The van der Waals surface area contributed by atoms with E-state index in [-0.39, 0.29) is 23.3 Å². The van der Waals surface area contributed by atoms with Crippen molar-refractivity contribution < 1.29 is 4.79 Å². The molecule has 1 aliphatic carbocycles. The van der Waals surface area contributed by atoms with E-state index >= 15 is 0 Å². The Morgan fingerprint density at radius 1 is 1.28 bits per heavy atom. The van der Waals surface area contributed by atoms with Crippen LogP contribution in [0, 0.1) is 0 Å². The van der Waals surface area contributed by atoms with Crippen molar-refractivity contribution in [3.63, 3.8) is 0 Å². The average Bonchev–Trinajstić information content (AvgIpc) is 3.32. The van der Waals surface area contributed by atoms with Crippen LogP contribution in [0.3, 0.4) is 0 Å². The topological polar surface area (TPSA) is 97.0 Å². The maximum absolute atomic E-state index is 13.0. The second-order valence-electron chi connectivity index (χ2n) is 7.03. The highest BCUT2D eigenvalue weighted by atomic mass is 16.2. The molecule has 4 rings (SSSR count). The number of likely N-dealkylation sites (tertiary alicyclic amines) is 1. The quantitative estimate of drug-likeness (QED) is 0.891. The molecule has 1 saturated carbocycles. The SMILES string of the molecule is Nc1nc(C2CCN(C(=O)c3cccn3C3CCCC3)C2)cc(=O)[nH]1. The van der Waals surface area contributed by atoms with Crippen LogP contribution in [0.1, 0.15) is 60.2 Å². The Balaban J connectivity index is 1.51. The maximum Gasteiger partial charge on any atom is 0.270 e. The predicted molar refractivity (Wildman–Crippen MR) is 94.5 cm³/mol. The van der Waals surface area contributed by atoms with Crippen LogP contribution in [0.25, 0.3) is 0 Å². The molecule has 2 aromatic heterocycles. The molecule has 0 radical (unpaired) electrons. The first kappa shape index (κ1) is 15.9. The molecule has 1 saturated heterocycles. The third-order valence-corrected chi connectivity index (χ3v) is 5.39. The fraction of sp³-hybridized carbons (Fsp3) is 0.500. The van der Waals surface area contributed by atoms with Gasteiger partial charge in [-0.1, -0.05) is 12.8 Å². The van der Waals surface area contributed by atoms with Crippen LogP contribution in [0.15, 0.2) is 29.2 Å². The lowest BCUT2D eigenvalue weighted by atomic mass is 10.1. The monoisotopic (exact) mass is 341 g/mol. The molecule has 2 fully saturated rings. The number of anilines is 1. The van der Waals surface area contributed by atoms with Gasteiger partial charge in [0.25, 0.3) is 11.5 Å². The van der Waals surface area contributed by atoms with Gasteiger partial charge in [-0.15, -0.1) is 0 Å². The fourth-order valence-electron chi connectivity index (χ4n) is 4.13. The summed E-state index contributed by atoms with van der Waals surface area (Å²) in [4.78, 5) is 33.1. The molecule has 3 N–H and O–H groups in total. The smallest absolute Gasteiger partial charge is 0.270 e. The normalized spacial score (nSPS) is 21.1. The number of amides is 1. The number of nitrogens with one attached hydrogen (secondary N) is 1. The third kappa shape index (κ3) is 3.06. The molecular formula is C18H23N5O2. The van der Waals surface area contributed by atoms with Gasteiger partial charge in [0.15, 0.2) is 0 Å². The van der Waals surface area contributed by atoms with Gasteiger partial charge in [0.1, 0.15) is 5.69 Å². The zero-order valence-electron chi connectivity index (χ0n) is 14.1. The van der Waals surface area contributed by atoms with Crippen molar-refractivity contribution in [2.75, 3.05) is 18.8 Å². The fourth-order valence-corrected chi connectivity index (χ4v) is 4.13. The summed E-state index contributed by atoms with van der Waals surface area (Å²) in [6.45, 7) is 1.25. The van der Waals surface area contributed by atoms with Crippen molar-refractivity contribution in [3.05, 3.63) is 46.1 Å². The minimum absolute atomic E-state index is 0.0587. The number of nitrogen functional groups attached to an aromatic ring is 1. The molecule has 7 heteroatoms. The van der Waals surface area contributed by atoms with Crippen molar-refractivity contribution in [1.82, 2.24) is 19.4 Å². The summed E-state index contributed by atoms with van der Waals surface area (Å²) in [7, 11) is 0. The minimum atomic E-state index is -0.248. The molecule has 7 nitrogen and oxygen atoms in total. The highest BCUT2D eigenvalue weighted by Crippen LogP contribution is 2.32. The zero-order chi connectivity index (χ0) is 17.4. The van der Waals surface area contributed by atoms with Gasteiger partial charge in [-0.05, 0) is 31.4 Å². The Morgan fingerprint density at radius 2 is 2.08 bits per heavy atom. The molecule has 2 aromatic rings. The van der Waals surface area contributed by atoms with E-state index in [9.17, 15) is 9.59 Å². The first-order valence-electron chi connectivity index (χ1n) is 8.94. The van der Waals surface area contributed by atoms with Crippen molar-refractivity contribution in [3.8, 4) is 0 Å². The molecule has 0 bridgehead atoms. The number of nitrogens with two attached hydrogens (primary N) is 1. The van der Waals surface area contributed by atoms with E-state index in [0.717, 1.165) is 25.0 Å². The van der Waals surface area contributed by atoms with Crippen LogP contribution in [-0.2, 0) is 0 Å². The molecule has 1 aliphatic heterocycles. The molecule has 0 spiro atoms. The highest BCUT2D eigenvalue weighted by Gasteiger charge is 2.31. The molecule has 0 aromatic carbocycles. The standard InChI is InChI=1S/C18H23N5O2/c19-18-20-14(10-16(24)21-18)12-7-9-22(11-12)17(25)15-6-3-8-23(15)13-4-1-2-5-13/h3,6,8,10,12-13H,1-2,4-5,7,9,11H2,(H3,19,20,21,24). The van der Waals surface area contributed by atoms with Crippen molar-refractivity contribution in [2.24, 2.45) is 0 Å². The van der Waals surface area contributed by atoms with E-state index in [1.54, 1.807) is 0 Å². The van der Waals surface area contributed by atoms with Crippen LogP contribution in [-0.4, -0.2) is 38.4 Å². The summed E-state index contributed by atoms with van der Waals surface area (Å²) >= 11 is 0. The van der Waals surface area contributed by atoms with Gasteiger partial charge >= 0.3 is 0 Å². The van der Waals surface area contributed by atoms with E-state index in [0.29, 0.717) is 24.8 Å². The second kappa shape index (κ2) is 6.38. The number of carbonyl (C=O) groups excluding carboxylic acids is 1. The number of nitrogens with zero attached hydrogens (tertiary/aromatic N) is 3. The van der Waals surface area contributed by atoms with Gasteiger partial charge in [0.2, 0.25) is 5.95 Å². The Bertz CT molecular complexity index is 834. The molecule has 3 heterocycles. The van der Waals surface area contributed by atoms with Crippen LogP contribution in [0.2, 0.25) is 0 Å². The molecular weight excluding hydrogens is 318 g/mol. The minimum Gasteiger partial charge on any atom is -0.369 e. The van der Waals surface area contributed by atoms with Crippen LogP contribution < -0.4 is 11.3 Å². The van der Waals surface area contributed by atoms with Crippen LogP contribution in [0.5, 0.6) is 0 Å². The summed E-state index contributed by atoms with van der Waals surface area (Å²) < 4.78 is 2.14. The summed E-state index contributed by atoms with van der Waals surface area (Å²) in [6, 6.07) is 5.80. The maximum atomic E-state index is 13.0. The number of carbonyl (C=O) groups is 1. The Hall–Kier alpha value is -2.57. The number of hydrogen-bond acceptors (Lipinski definition) is 4. The summed E-state index contributed by atoms with van der Waals surface area (Å²) in [5.41, 5.74) is 6.83. The largest absolute Gasteiger partial charge is 0.369 e. The molecule has 25 heavy (non-hydrogen) atoms. The summed E-state index contributed by atoms with van der Waals surface area (Å²) in [5.74, 6) is 0.253. The lowest BCUT2D eigenvalue weighted by Gasteiger charge is -2.20. The Kier molecular flexibility index (Phi) is 4.07. The Labute approximate surface area is 145 Å². The van der Waals surface area contributed by atoms with Gasteiger partial charge < -0.3 is 15.2 Å². The van der Waals surface area contributed by atoms with E-state index in [1.165, 1.54) is 18.9 Å². The lowest BCUT2D eigenvalue weighted by Crippen LogP contribution is -2.31. The molecule has 1 atom stereocenters. The Morgan fingerprint density at radius 3 is 2.84 bits per heavy atom. The summed E-state index contributed by atoms with van der Waals surface area (Å²) in [5, 5.41) is 0. The van der Waals surface area contributed by atoms with Gasteiger partial charge in [-0.25, -0.2) is 4.98 Å².